The SMILES string of the molecule is C=CCOCC1OCC(F)(F)C(OC(C)=O)(C(F)(F)F)O1. The zero-order chi connectivity index (χ0) is 16.3. The molecular weight excluding hydrogens is 307 g/mol. The molecule has 0 bridgehead atoms. The predicted octanol–water partition coefficient (Wildman–Crippen LogP) is 2.02. The average molecular weight is 320 g/mol. The fourth-order valence-corrected chi connectivity index (χ4v) is 1.56. The second-order valence-corrected chi connectivity index (χ2v) is 4.10. The Hall–Kier alpha value is -1.26. The number of rotatable bonds is 5. The maximum absolute atomic E-state index is 13.6. The summed E-state index contributed by atoms with van der Waals surface area (Å²) in [5.41, 5.74) is 0. The molecule has 0 aromatic carbocycles. The highest BCUT2D eigenvalue weighted by Gasteiger charge is 2.77. The van der Waals surface area contributed by atoms with E-state index in [0.717, 1.165) is 0 Å². The monoisotopic (exact) mass is 320 g/mol. The summed E-state index contributed by atoms with van der Waals surface area (Å²) < 4.78 is 83.6. The number of halogens is 5. The quantitative estimate of drug-likeness (QED) is 0.336. The summed E-state index contributed by atoms with van der Waals surface area (Å²) in [6.07, 6.45) is -6.14. The van der Waals surface area contributed by atoms with Gasteiger partial charge in [0.15, 0.2) is 6.29 Å². The van der Waals surface area contributed by atoms with E-state index >= 15 is 0 Å². The van der Waals surface area contributed by atoms with Gasteiger partial charge in [-0.25, -0.2) is 0 Å². The molecule has 10 heteroatoms. The molecule has 1 heterocycles. The highest BCUT2D eigenvalue weighted by Crippen LogP contribution is 2.49. The van der Waals surface area contributed by atoms with E-state index in [0.29, 0.717) is 6.92 Å². The van der Waals surface area contributed by atoms with E-state index in [1.54, 1.807) is 0 Å². The van der Waals surface area contributed by atoms with Gasteiger partial charge in [-0.2, -0.15) is 22.0 Å². The smallest absolute Gasteiger partial charge is 0.418 e. The molecule has 1 fully saturated rings. The molecule has 2 unspecified atom stereocenters. The number of esters is 1. The minimum atomic E-state index is -5.66. The van der Waals surface area contributed by atoms with E-state index < -0.39 is 43.4 Å². The van der Waals surface area contributed by atoms with Crippen LogP contribution >= 0.6 is 0 Å². The zero-order valence-electron chi connectivity index (χ0n) is 10.9. The van der Waals surface area contributed by atoms with Crippen molar-refractivity contribution in [2.75, 3.05) is 19.8 Å². The van der Waals surface area contributed by atoms with Gasteiger partial charge in [0.05, 0.1) is 13.2 Å². The fraction of sp³-hybridized carbons (Fsp3) is 0.727. The van der Waals surface area contributed by atoms with Crippen molar-refractivity contribution >= 4 is 5.97 Å². The third-order valence-corrected chi connectivity index (χ3v) is 2.38. The first kappa shape index (κ1) is 17.8. The van der Waals surface area contributed by atoms with E-state index in [9.17, 15) is 26.7 Å². The first-order chi connectivity index (χ1) is 9.56. The van der Waals surface area contributed by atoms with Gasteiger partial charge in [-0.15, -0.1) is 6.58 Å². The number of carbonyl (C=O) groups excluding carboxylic acids is 1. The fourth-order valence-electron chi connectivity index (χ4n) is 1.56. The lowest BCUT2D eigenvalue weighted by molar-refractivity contribution is -0.489. The Bertz CT molecular complexity index is 397. The van der Waals surface area contributed by atoms with Gasteiger partial charge in [-0.1, -0.05) is 6.08 Å². The van der Waals surface area contributed by atoms with Gasteiger partial charge in [0, 0.05) is 6.92 Å². The summed E-state index contributed by atoms with van der Waals surface area (Å²) >= 11 is 0. The van der Waals surface area contributed by atoms with Gasteiger partial charge in [0.25, 0.3) is 0 Å². The number of hydrogen-bond donors (Lipinski definition) is 0. The van der Waals surface area contributed by atoms with E-state index in [-0.39, 0.29) is 6.61 Å². The largest absolute Gasteiger partial charge is 0.462 e. The molecule has 1 saturated heterocycles. The number of ether oxygens (including phenoxy) is 4. The Morgan fingerprint density at radius 3 is 2.57 bits per heavy atom. The first-order valence-corrected chi connectivity index (χ1v) is 5.68. The normalized spacial score (nSPS) is 29.0. The van der Waals surface area contributed by atoms with E-state index in [1.807, 2.05) is 0 Å². The van der Waals surface area contributed by atoms with Crippen molar-refractivity contribution in [1.29, 1.82) is 0 Å². The second kappa shape index (κ2) is 6.24. The van der Waals surface area contributed by atoms with Gasteiger partial charge in [0.2, 0.25) is 0 Å². The van der Waals surface area contributed by atoms with Gasteiger partial charge in [-0.05, 0) is 0 Å². The molecule has 1 aliphatic rings. The number of alkyl halides is 5. The van der Waals surface area contributed by atoms with Crippen LogP contribution in [0.3, 0.4) is 0 Å². The van der Waals surface area contributed by atoms with Crippen LogP contribution in [0.2, 0.25) is 0 Å². The summed E-state index contributed by atoms with van der Waals surface area (Å²) in [6, 6.07) is 0. The van der Waals surface area contributed by atoms with Crippen molar-refractivity contribution in [3.8, 4) is 0 Å². The zero-order valence-corrected chi connectivity index (χ0v) is 10.9. The highest BCUT2D eigenvalue weighted by atomic mass is 19.4. The molecule has 0 radical (unpaired) electrons. The number of carbonyl (C=O) groups is 1. The van der Waals surface area contributed by atoms with Gasteiger partial charge in [-0.3, -0.25) is 9.53 Å². The molecule has 0 saturated carbocycles. The van der Waals surface area contributed by atoms with Crippen LogP contribution in [0.15, 0.2) is 12.7 Å². The van der Waals surface area contributed by atoms with Crippen molar-refractivity contribution in [1.82, 2.24) is 0 Å². The van der Waals surface area contributed by atoms with Crippen LogP contribution in [-0.2, 0) is 23.7 Å². The van der Waals surface area contributed by atoms with Crippen LogP contribution < -0.4 is 0 Å². The van der Waals surface area contributed by atoms with Crippen LogP contribution in [0.1, 0.15) is 6.92 Å². The summed E-state index contributed by atoms with van der Waals surface area (Å²) in [5, 5.41) is 0. The lowest BCUT2D eigenvalue weighted by Gasteiger charge is -2.44. The lowest BCUT2D eigenvalue weighted by atomic mass is 10.1. The summed E-state index contributed by atoms with van der Waals surface area (Å²) in [7, 11) is 0. The molecule has 0 aromatic heterocycles. The van der Waals surface area contributed by atoms with E-state index in [1.165, 1.54) is 6.08 Å². The maximum atomic E-state index is 13.6. The van der Waals surface area contributed by atoms with Crippen molar-refractivity contribution in [2.24, 2.45) is 0 Å². The van der Waals surface area contributed by atoms with Crippen LogP contribution in [0.5, 0.6) is 0 Å². The molecule has 5 nitrogen and oxygen atoms in total. The summed E-state index contributed by atoms with van der Waals surface area (Å²) in [4.78, 5) is 10.8. The van der Waals surface area contributed by atoms with Crippen LogP contribution in [0, 0.1) is 0 Å². The highest BCUT2D eigenvalue weighted by molar-refractivity contribution is 5.66. The van der Waals surface area contributed by atoms with Crippen LogP contribution in [0.25, 0.3) is 0 Å². The van der Waals surface area contributed by atoms with Crippen molar-refractivity contribution in [2.45, 2.75) is 31.1 Å². The van der Waals surface area contributed by atoms with Crippen LogP contribution in [0.4, 0.5) is 22.0 Å². The Balaban J connectivity index is 3.03. The Labute approximate surface area is 116 Å². The van der Waals surface area contributed by atoms with E-state index in [2.05, 4.69) is 20.8 Å². The molecular formula is C11H13F5O5. The minimum absolute atomic E-state index is 0.0494. The van der Waals surface area contributed by atoms with Crippen molar-refractivity contribution < 1.29 is 45.7 Å². The van der Waals surface area contributed by atoms with E-state index in [4.69, 9.17) is 4.74 Å². The minimum Gasteiger partial charge on any atom is -0.418 e. The lowest BCUT2D eigenvalue weighted by Crippen LogP contribution is -2.69. The first-order valence-electron chi connectivity index (χ1n) is 5.68. The molecule has 0 spiro atoms. The third kappa shape index (κ3) is 3.69. The molecule has 0 aliphatic carbocycles. The Morgan fingerprint density at radius 1 is 1.48 bits per heavy atom. The van der Waals surface area contributed by atoms with Gasteiger partial charge in [0.1, 0.15) is 6.61 Å². The Morgan fingerprint density at radius 2 is 2.10 bits per heavy atom. The van der Waals surface area contributed by atoms with Crippen molar-refractivity contribution in [3.63, 3.8) is 0 Å². The maximum Gasteiger partial charge on any atom is 0.462 e. The summed E-state index contributed by atoms with van der Waals surface area (Å²) in [5.74, 6) is -10.6. The molecule has 2 atom stereocenters. The number of hydrogen-bond acceptors (Lipinski definition) is 5. The molecule has 122 valence electrons. The average Bonchev–Trinajstić information content (AvgIpc) is 2.31. The molecule has 21 heavy (non-hydrogen) atoms. The van der Waals surface area contributed by atoms with Gasteiger partial charge >= 0.3 is 23.9 Å². The van der Waals surface area contributed by atoms with Crippen molar-refractivity contribution in [3.05, 3.63) is 12.7 Å². The third-order valence-electron chi connectivity index (χ3n) is 2.38. The molecule has 0 N–H and O–H groups in total. The summed E-state index contributed by atoms with van der Waals surface area (Å²) in [6.45, 7) is 1.60. The molecule has 1 aliphatic heterocycles. The molecule has 1 rings (SSSR count). The Kier molecular flexibility index (Phi) is 5.29. The topological polar surface area (TPSA) is 54.0 Å². The second-order valence-electron chi connectivity index (χ2n) is 4.10. The van der Waals surface area contributed by atoms with Crippen LogP contribution in [-0.4, -0.2) is 50.0 Å². The van der Waals surface area contributed by atoms with Gasteiger partial charge < -0.3 is 14.2 Å². The predicted molar refractivity (Wildman–Crippen MR) is 57.3 cm³/mol. The molecule has 0 aromatic rings. The molecule has 0 amide bonds. The standard InChI is InChI=1S/C11H13F5O5/c1-3-4-18-5-8-19-6-9(12,13)10(21-8,11(14,15)16)20-7(2)17/h3,8H,1,4-6H2,2H3.